The van der Waals surface area contributed by atoms with Crippen molar-refractivity contribution in [2.75, 3.05) is 25.1 Å². The van der Waals surface area contributed by atoms with Gasteiger partial charge in [0.05, 0.1) is 12.8 Å². The second kappa shape index (κ2) is 7.23. The van der Waals surface area contributed by atoms with Gasteiger partial charge in [0, 0.05) is 50.5 Å². The molecule has 7 nitrogen and oxygen atoms in total. The van der Waals surface area contributed by atoms with E-state index in [2.05, 4.69) is 37.9 Å². The molecule has 2 aromatic heterocycles. The Balaban J connectivity index is 1.40. The Bertz CT molecular complexity index is 729. The quantitative estimate of drug-likeness (QED) is 0.790. The number of aryl methyl sites for hydroxylation is 2. The number of hydrogen-bond donors (Lipinski definition) is 0. The zero-order chi connectivity index (χ0) is 18.1. The monoisotopic (exact) mass is 356 g/mol. The number of methoxy groups -OCH3 is 1. The Morgan fingerprint density at radius 1 is 1.12 bits per heavy atom. The average molecular weight is 356 g/mol. The summed E-state index contributed by atoms with van der Waals surface area (Å²) in [4.78, 5) is 13.7. The number of piperidine rings is 1. The fraction of sp³-hybridized carbons (Fsp3) is 0.632. The molecule has 0 radical (unpaired) electrons. The summed E-state index contributed by atoms with van der Waals surface area (Å²) >= 11 is 0. The first-order valence-corrected chi connectivity index (χ1v) is 9.50. The molecule has 0 amide bonds. The summed E-state index contributed by atoms with van der Waals surface area (Å²) in [5.74, 6) is 1.65. The Morgan fingerprint density at radius 3 is 2.46 bits per heavy atom. The molecule has 3 heterocycles. The molecule has 1 saturated carbocycles. The second-order valence-corrected chi connectivity index (χ2v) is 7.46. The van der Waals surface area contributed by atoms with Crippen LogP contribution in [0.15, 0.2) is 18.5 Å². The van der Waals surface area contributed by atoms with E-state index in [1.807, 2.05) is 17.8 Å². The van der Waals surface area contributed by atoms with Gasteiger partial charge in [-0.2, -0.15) is 5.10 Å². The molecule has 2 fully saturated rings. The van der Waals surface area contributed by atoms with Gasteiger partial charge in [0.1, 0.15) is 12.1 Å². The second-order valence-electron chi connectivity index (χ2n) is 7.46. The molecule has 0 unspecified atom stereocenters. The SMILES string of the molecule is COc1cc(N(C2CC2)C2CCN(Cc3cc(C)n(C)n3)CC2)ncn1. The smallest absolute Gasteiger partial charge is 0.218 e. The summed E-state index contributed by atoms with van der Waals surface area (Å²) < 4.78 is 7.25. The van der Waals surface area contributed by atoms with Gasteiger partial charge in [0.25, 0.3) is 0 Å². The van der Waals surface area contributed by atoms with Gasteiger partial charge in [0.2, 0.25) is 5.88 Å². The number of hydrogen-bond acceptors (Lipinski definition) is 6. The van der Waals surface area contributed by atoms with Gasteiger partial charge in [-0.15, -0.1) is 0 Å². The van der Waals surface area contributed by atoms with Crippen LogP contribution in [0.1, 0.15) is 37.1 Å². The molecule has 2 aliphatic rings. The minimum absolute atomic E-state index is 0.545. The Labute approximate surface area is 155 Å². The van der Waals surface area contributed by atoms with E-state index < -0.39 is 0 Å². The first-order valence-electron chi connectivity index (χ1n) is 9.50. The van der Waals surface area contributed by atoms with E-state index in [1.165, 1.54) is 24.2 Å². The standard InChI is InChI=1S/C19H28N6O/c1-14-10-15(22-23(14)2)12-24-8-6-17(7-9-24)25(16-4-5-16)18-11-19(26-3)21-13-20-18/h10-11,13,16-17H,4-9,12H2,1-3H3. The van der Waals surface area contributed by atoms with Crippen molar-refractivity contribution in [2.45, 2.75) is 51.2 Å². The minimum atomic E-state index is 0.545. The lowest BCUT2D eigenvalue weighted by atomic mass is 10.0. The molecule has 140 valence electrons. The van der Waals surface area contributed by atoms with Crippen LogP contribution in [0.5, 0.6) is 5.88 Å². The molecular formula is C19H28N6O. The topological polar surface area (TPSA) is 59.3 Å². The van der Waals surface area contributed by atoms with Crippen LogP contribution < -0.4 is 9.64 Å². The van der Waals surface area contributed by atoms with Crippen molar-refractivity contribution in [2.24, 2.45) is 7.05 Å². The summed E-state index contributed by atoms with van der Waals surface area (Å²) in [6.07, 6.45) is 6.46. The Kier molecular flexibility index (Phi) is 4.80. The highest BCUT2D eigenvalue weighted by atomic mass is 16.5. The molecule has 4 rings (SSSR count). The Hall–Kier alpha value is -2.15. The minimum Gasteiger partial charge on any atom is -0.481 e. The third kappa shape index (κ3) is 3.67. The van der Waals surface area contributed by atoms with E-state index in [9.17, 15) is 0 Å². The van der Waals surface area contributed by atoms with Crippen LogP contribution in [0.2, 0.25) is 0 Å². The number of likely N-dealkylation sites (tertiary alicyclic amines) is 1. The van der Waals surface area contributed by atoms with Gasteiger partial charge in [-0.1, -0.05) is 0 Å². The van der Waals surface area contributed by atoms with Crippen LogP contribution in [0.3, 0.4) is 0 Å². The molecule has 0 bridgehead atoms. The van der Waals surface area contributed by atoms with Gasteiger partial charge in [-0.3, -0.25) is 9.58 Å². The van der Waals surface area contributed by atoms with Crippen molar-refractivity contribution in [3.63, 3.8) is 0 Å². The van der Waals surface area contributed by atoms with Gasteiger partial charge < -0.3 is 9.64 Å². The normalized spacial score (nSPS) is 18.9. The number of ether oxygens (including phenoxy) is 1. The van der Waals surface area contributed by atoms with Crippen LogP contribution in [-0.4, -0.2) is 56.9 Å². The van der Waals surface area contributed by atoms with Gasteiger partial charge in [0.15, 0.2) is 0 Å². The van der Waals surface area contributed by atoms with Crippen molar-refractivity contribution in [3.8, 4) is 5.88 Å². The van der Waals surface area contributed by atoms with Crippen LogP contribution in [0, 0.1) is 6.92 Å². The van der Waals surface area contributed by atoms with Crippen molar-refractivity contribution < 1.29 is 4.74 Å². The number of rotatable bonds is 6. The van der Waals surface area contributed by atoms with Crippen LogP contribution in [0.4, 0.5) is 5.82 Å². The first-order chi connectivity index (χ1) is 12.6. The summed E-state index contributed by atoms with van der Waals surface area (Å²) in [5, 5.41) is 4.60. The first kappa shape index (κ1) is 17.3. The molecule has 2 aromatic rings. The molecule has 0 aromatic carbocycles. The predicted octanol–water partition coefficient (Wildman–Crippen LogP) is 2.16. The maximum Gasteiger partial charge on any atom is 0.218 e. The van der Waals surface area contributed by atoms with Gasteiger partial charge in [-0.05, 0) is 38.7 Å². The van der Waals surface area contributed by atoms with Gasteiger partial charge >= 0.3 is 0 Å². The summed E-state index contributed by atoms with van der Waals surface area (Å²) in [6, 6.07) is 5.34. The predicted molar refractivity (Wildman–Crippen MR) is 100 cm³/mol. The lowest BCUT2D eigenvalue weighted by molar-refractivity contribution is 0.198. The van der Waals surface area contributed by atoms with E-state index in [0.29, 0.717) is 18.0 Å². The molecule has 1 aliphatic heterocycles. The highest BCUT2D eigenvalue weighted by Gasteiger charge is 2.36. The van der Waals surface area contributed by atoms with E-state index in [1.54, 1.807) is 13.4 Å². The largest absolute Gasteiger partial charge is 0.481 e. The third-order valence-electron chi connectivity index (χ3n) is 5.54. The van der Waals surface area contributed by atoms with E-state index in [0.717, 1.165) is 38.3 Å². The van der Waals surface area contributed by atoms with Crippen LogP contribution in [-0.2, 0) is 13.6 Å². The summed E-state index contributed by atoms with van der Waals surface area (Å²) in [5.41, 5.74) is 2.38. The fourth-order valence-electron chi connectivity index (χ4n) is 3.90. The molecule has 1 saturated heterocycles. The molecular weight excluding hydrogens is 328 g/mol. The zero-order valence-corrected chi connectivity index (χ0v) is 15.9. The lowest BCUT2D eigenvalue weighted by Gasteiger charge is -2.39. The van der Waals surface area contributed by atoms with E-state index in [4.69, 9.17) is 4.74 Å². The average Bonchev–Trinajstić information content (AvgIpc) is 3.43. The third-order valence-corrected chi connectivity index (χ3v) is 5.54. The fourth-order valence-corrected chi connectivity index (χ4v) is 3.90. The molecule has 7 heteroatoms. The van der Waals surface area contributed by atoms with Crippen LogP contribution >= 0.6 is 0 Å². The van der Waals surface area contributed by atoms with E-state index >= 15 is 0 Å². The molecule has 0 N–H and O–H groups in total. The summed E-state index contributed by atoms with van der Waals surface area (Å²) in [6.45, 7) is 5.25. The molecule has 0 spiro atoms. The Morgan fingerprint density at radius 2 is 1.85 bits per heavy atom. The van der Waals surface area contributed by atoms with Crippen molar-refractivity contribution >= 4 is 5.82 Å². The molecule has 0 atom stereocenters. The number of aromatic nitrogens is 4. The zero-order valence-electron chi connectivity index (χ0n) is 15.9. The van der Waals surface area contributed by atoms with Crippen molar-refractivity contribution in [1.82, 2.24) is 24.6 Å². The molecule has 26 heavy (non-hydrogen) atoms. The maximum atomic E-state index is 5.29. The van der Waals surface area contributed by atoms with E-state index in [-0.39, 0.29) is 0 Å². The maximum absolute atomic E-state index is 5.29. The van der Waals surface area contributed by atoms with Crippen molar-refractivity contribution in [1.29, 1.82) is 0 Å². The van der Waals surface area contributed by atoms with Crippen molar-refractivity contribution in [3.05, 3.63) is 29.8 Å². The highest BCUT2D eigenvalue weighted by Crippen LogP contribution is 2.36. The lowest BCUT2D eigenvalue weighted by Crippen LogP contribution is -2.46. The summed E-state index contributed by atoms with van der Waals surface area (Å²) in [7, 11) is 3.67. The van der Waals surface area contributed by atoms with Gasteiger partial charge in [-0.25, -0.2) is 9.97 Å². The number of anilines is 1. The van der Waals surface area contributed by atoms with Crippen LogP contribution in [0.25, 0.3) is 0 Å². The number of nitrogens with zero attached hydrogens (tertiary/aromatic N) is 6. The molecule has 1 aliphatic carbocycles. The highest BCUT2D eigenvalue weighted by molar-refractivity contribution is 5.45.